The van der Waals surface area contributed by atoms with Crippen LogP contribution in [0.15, 0.2) is 36.7 Å². The van der Waals surface area contributed by atoms with Crippen LogP contribution >= 0.6 is 0 Å². The normalized spacial score (nSPS) is 16.5. The third-order valence-corrected chi connectivity index (χ3v) is 4.80. The third-order valence-electron chi connectivity index (χ3n) is 4.80. The summed E-state index contributed by atoms with van der Waals surface area (Å²) in [7, 11) is 1.86. The summed E-state index contributed by atoms with van der Waals surface area (Å²) in [5.74, 6) is -1.24. The minimum absolute atomic E-state index is 0.175. The van der Waals surface area contributed by atoms with Gasteiger partial charge in [-0.3, -0.25) is 9.48 Å². The zero-order valence-corrected chi connectivity index (χ0v) is 14.7. The summed E-state index contributed by atoms with van der Waals surface area (Å²) in [6.45, 7) is 1.03. The van der Waals surface area contributed by atoms with Crippen molar-refractivity contribution >= 4 is 16.8 Å². The Hall–Kier alpha value is -3.47. The van der Waals surface area contributed by atoms with Gasteiger partial charge in [-0.15, -0.1) is 0 Å². The molecule has 1 aliphatic heterocycles. The first kappa shape index (κ1) is 17.0. The molecule has 136 valence electrons. The SMILES string of the molecule is Cn1ncc2cc(-c3cnc(C(=O)NC4CCN(C#N)C4)c(F)c3)ccc21. The molecule has 1 fully saturated rings. The molecule has 7 nitrogen and oxygen atoms in total. The second kappa shape index (κ2) is 6.68. The Kier molecular flexibility index (Phi) is 4.20. The average Bonchev–Trinajstić information content (AvgIpc) is 3.27. The van der Waals surface area contributed by atoms with Crippen molar-refractivity contribution < 1.29 is 9.18 Å². The number of aromatic nitrogens is 3. The van der Waals surface area contributed by atoms with Gasteiger partial charge in [0.1, 0.15) is 0 Å². The number of rotatable bonds is 3. The Bertz CT molecular complexity index is 1070. The van der Waals surface area contributed by atoms with Gasteiger partial charge in [-0.2, -0.15) is 10.4 Å². The van der Waals surface area contributed by atoms with Gasteiger partial charge in [0.2, 0.25) is 0 Å². The quantitative estimate of drug-likeness (QED) is 0.719. The summed E-state index contributed by atoms with van der Waals surface area (Å²) < 4.78 is 16.3. The molecule has 0 spiro atoms. The van der Waals surface area contributed by atoms with E-state index in [9.17, 15) is 9.18 Å². The van der Waals surface area contributed by atoms with E-state index >= 15 is 0 Å². The number of carbonyl (C=O) groups excluding carboxylic acids is 1. The van der Waals surface area contributed by atoms with E-state index in [2.05, 4.69) is 15.4 Å². The van der Waals surface area contributed by atoms with Gasteiger partial charge in [0.05, 0.1) is 11.7 Å². The average molecular weight is 364 g/mol. The summed E-state index contributed by atoms with van der Waals surface area (Å²) in [6.07, 6.45) is 5.94. The molecule has 0 bridgehead atoms. The highest BCUT2D eigenvalue weighted by molar-refractivity contribution is 5.93. The predicted molar refractivity (Wildman–Crippen MR) is 97.0 cm³/mol. The van der Waals surface area contributed by atoms with E-state index in [4.69, 9.17) is 5.26 Å². The first-order valence-corrected chi connectivity index (χ1v) is 8.58. The topological polar surface area (TPSA) is 86.8 Å². The molecular weight excluding hydrogens is 347 g/mol. The molecule has 1 aromatic carbocycles. The maximum absolute atomic E-state index is 14.5. The number of fused-ring (bicyclic) bond motifs is 1. The molecule has 2 aromatic heterocycles. The molecular formula is C19H17FN6O. The van der Waals surface area contributed by atoms with Crippen molar-refractivity contribution in [2.75, 3.05) is 13.1 Å². The minimum atomic E-state index is -0.675. The molecule has 1 saturated heterocycles. The molecule has 0 saturated carbocycles. The minimum Gasteiger partial charge on any atom is -0.346 e. The Labute approximate surface area is 155 Å². The number of benzene rings is 1. The molecule has 1 N–H and O–H groups in total. The van der Waals surface area contributed by atoms with Crippen LogP contribution in [0.25, 0.3) is 22.0 Å². The Morgan fingerprint density at radius 3 is 2.93 bits per heavy atom. The lowest BCUT2D eigenvalue weighted by atomic mass is 10.1. The molecule has 1 atom stereocenters. The van der Waals surface area contributed by atoms with Crippen LogP contribution in [0.1, 0.15) is 16.9 Å². The van der Waals surface area contributed by atoms with Crippen LogP contribution in [0.3, 0.4) is 0 Å². The van der Waals surface area contributed by atoms with Gasteiger partial charge >= 0.3 is 0 Å². The van der Waals surface area contributed by atoms with Crippen LogP contribution in [0.5, 0.6) is 0 Å². The number of aryl methyl sites for hydroxylation is 1. The summed E-state index contributed by atoms with van der Waals surface area (Å²) >= 11 is 0. The molecule has 0 radical (unpaired) electrons. The maximum Gasteiger partial charge on any atom is 0.273 e. The number of carbonyl (C=O) groups is 1. The Morgan fingerprint density at radius 2 is 2.19 bits per heavy atom. The second-order valence-electron chi connectivity index (χ2n) is 6.60. The fraction of sp³-hybridized carbons (Fsp3) is 0.263. The van der Waals surface area contributed by atoms with Crippen molar-refractivity contribution in [2.24, 2.45) is 7.05 Å². The van der Waals surface area contributed by atoms with E-state index in [1.807, 2.05) is 31.4 Å². The van der Waals surface area contributed by atoms with Crippen molar-refractivity contribution in [3.63, 3.8) is 0 Å². The standard InChI is InChI=1S/C19H17FN6O/c1-25-17-3-2-12(6-14(17)9-23-25)13-7-16(20)18(22-8-13)19(27)24-15-4-5-26(10-15)11-21/h2-3,6-9,15H,4-5,10H2,1H3,(H,24,27). The highest BCUT2D eigenvalue weighted by atomic mass is 19.1. The van der Waals surface area contributed by atoms with Crippen molar-refractivity contribution in [2.45, 2.75) is 12.5 Å². The largest absolute Gasteiger partial charge is 0.346 e. The van der Waals surface area contributed by atoms with Crippen molar-refractivity contribution in [3.8, 4) is 17.3 Å². The molecule has 1 amide bonds. The molecule has 3 aromatic rings. The molecule has 0 aliphatic carbocycles. The maximum atomic E-state index is 14.5. The van der Waals surface area contributed by atoms with Gasteiger partial charge in [-0.25, -0.2) is 9.37 Å². The summed E-state index contributed by atoms with van der Waals surface area (Å²) in [6, 6.07) is 6.83. The highest BCUT2D eigenvalue weighted by Gasteiger charge is 2.25. The zero-order valence-electron chi connectivity index (χ0n) is 14.7. The van der Waals surface area contributed by atoms with Crippen LogP contribution in [-0.4, -0.2) is 44.7 Å². The van der Waals surface area contributed by atoms with Crippen molar-refractivity contribution in [1.82, 2.24) is 25.0 Å². The van der Waals surface area contributed by atoms with Gasteiger partial charge in [-0.05, 0) is 30.2 Å². The Morgan fingerprint density at radius 1 is 1.33 bits per heavy atom. The van der Waals surface area contributed by atoms with Crippen molar-refractivity contribution in [3.05, 3.63) is 48.2 Å². The van der Waals surface area contributed by atoms with Crippen LogP contribution in [0.2, 0.25) is 0 Å². The molecule has 8 heteroatoms. The number of hydrogen-bond donors (Lipinski definition) is 1. The number of halogens is 1. The monoisotopic (exact) mass is 364 g/mol. The number of nitriles is 1. The number of pyridine rings is 1. The predicted octanol–water partition coefficient (Wildman–Crippen LogP) is 2.06. The van der Waals surface area contributed by atoms with E-state index in [0.29, 0.717) is 25.1 Å². The van der Waals surface area contributed by atoms with Crippen LogP contribution in [-0.2, 0) is 7.05 Å². The number of nitrogens with one attached hydrogen (secondary N) is 1. The zero-order chi connectivity index (χ0) is 19.0. The molecule has 3 heterocycles. The fourth-order valence-corrected chi connectivity index (χ4v) is 3.33. The van der Waals surface area contributed by atoms with Gasteiger partial charge in [-0.1, -0.05) is 6.07 Å². The van der Waals surface area contributed by atoms with Gasteiger partial charge in [0.25, 0.3) is 5.91 Å². The van der Waals surface area contributed by atoms with Gasteiger partial charge < -0.3 is 10.2 Å². The van der Waals surface area contributed by atoms with Gasteiger partial charge in [0.15, 0.2) is 17.7 Å². The first-order valence-electron chi connectivity index (χ1n) is 8.58. The van der Waals surface area contributed by atoms with E-state index in [1.165, 1.54) is 12.3 Å². The fourth-order valence-electron chi connectivity index (χ4n) is 3.33. The summed E-state index contributed by atoms with van der Waals surface area (Å²) in [5.41, 5.74) is 2.13. The summed E-state index contributed by atoms with van der Waals surface area (Å²) in [4.78, 5) is 17.9. The lowest BCUT2D eigenvalue weighted by molar-refractivity contribution is 0.0929. The van der Waals surface area contributed by atoms with Crippen LogP contribution in [0, 0.1) is 17.3 Å². The number of amides is 1. The summed E-state index contributed by atoms with van der Waals surface area (Å²) in [5, 5.41) is 16.8. The molecule has 1 unspecified atom stereocenters. The smallest absolute Gasteiger partial charge is 0.273 e. The van der Waals surface area contributed by atoms with E-state index in [1.54, 1.807) is 15.8 Å². The number of likely N-dealkylation sites (tertiary alicyclic amines) is 1. The molecule has 4 rings (SSSR count). The van der Waals surface area contributed by atoms with Gasteiger partial charge in [0, 0.05) is 43.3 Å². The molecule has 1 aliphatic rings. The highest BCUT2D eigenvalue weighted by Crippen LogP contribution is 2.25. The lowest BCUT2D eigenvalue weighted by Crippen LogP contribution is -2.37. The van der Waals surface area contributed by atoms with E-state index < -0.39 is 11.7 Å². The Balaban J connectivity index is 1.54. The number of nitrogens with zero attached hydrogens (tertiary/aromatic N) is 5. The lowest BCUT2D eigenvalue weighted by Gasteiger charge is -2.12. The van der Waals surface area contributed by atoms with Crippen LogP contribution < -0.4 is 5.32 Å². The molecule has 27 heavy (non-hydrogen) atoms. The second-order valence-corrected chi connectivity index (χ2v) is 6.60. The number of hydrogen-bond acceptors (Lipinski definition) is 5. The van der Waals surface area contributed by atoms with E-state index in [0.717, 1.165) is 16.5 Å². The van der Waals surface area contributed by atoms with E-state index in [-0.39, 0.29) is 11.7 Å². The first-order chi connectivity index (χ1) is 13.0. The van der Waals surface area contributed by atoms with Crippen molar-refractivity contribution in [1.29, 1.82) is 5.26 Å². The van der Waals surface area contributed by atoms with Crippen LogP contribution in [0.4, 0.5) is 4.39 Å². The third kappa shape index (κ3) is 3.19.